The van der Waals surface area contributed by atoms with Crippen LogP contribution in [0.3, 0.4) is 0 Å². The van der Waals surface area contributed by atoms with Crippen molar-refractivity contribution in [3.8, 4) is 22.5 Å². The lowest BCUT2D eigenvalue weighted by Gasteiger charge is -2.56. The van der Waals surface area contributed by atoms with E-state index in [4.69, 9.17) is 19.4 Å². The summed E-state index contributed by atoms with van der Waals surface area (Å²) in [5.41, 5.74) is 8.39. The van der Waals surface area contributed by atoms with Gasteiger partial charge in [-0.05, 0) is 100 Å². The molecule has 350 valence electrons. The molecule has 0 aliphatic carbocycles. The zero-order valence-corrected chi connectivity index (χ0v) is 40.2. The Hall–Kier alpha value is -4.74. The topological polar surface area (TPSA) is 163 Å². The quantitative estimate of drug-likeness (QED) is 0.166. The zero-order valence-electron chi connectivity index (χ0n) is 39.4. The third kappa shape index (κ3) is 9.08. The third-order valence-corrected chi connectivity index (χ3v) is 15.1. The molecule has 3 saturated heterocycles. The highest BCUT2D eigenvalue weighted by molar-refractivity contribution is 7.10. The Bertz CT molecular complexity index is 2410. The van der Waals surface area contributed by atoms with Crippen molar-refractivity contribution in [3.63, 3.8) is 0 Å². The van der Waals surface area contributed by atoms with Crippen molar-refractivity contribution in [2.75, 3.05) is 53.6 Å². The van der Waals surface area contributed by atoms with Crippen LogP contribution in [0.4, 0.5) is 4.79 Å². The molecule has 4 amide bonds. The molecule has 3 aromatic heterocycles. The molecule has 5 atom stereocenters. The van der Waals surface area contributed by atoms with Gasteiger partial charge in [-0.3, -0.25) is 19.6 Å². The van der Waals surface area contributed by atoms with Crippen LogP contribution in [0.15, 0.2) is 41.9 Å². The number of piperidine rings is 1. The molecular formula is C49H67N9O6S. The third-order valence-electron chi connectivity index (χ3n) is 14.2. The molecule has 7 heterocycles. The highest BCUT2D eigenvalue weighted by Gasteiger charge is 2.50. The van der Waals surface area contributed by atoms with Gasteiger partial charge in [0.05, 0.1) is 46.9 Å². The van der Waals surface area contributed by atoms with E-state index in [-0.39, 0.29) is 47.9 Å². The summed E-state index contributed by atoms with van der Waals surface area (Å²) < 4.78 is 14.7. The minimum atomic E-state index is -1.16. The van der Waals surface area contributed by atoms with Crippen molar-refractivity contribution < 1.29 is 28.7 Å². The summed E-state index contributed by atoms with van der Waals surface area (Å²) in [7, 11) is 3.39. The first-order valence-electron chi connectivity index (χ1n) is 23.4. The number of thiazole rings is 1. The highest BCUT2D eigenvalue weighted by Crippen LogP contribution is 2.42. The summed E-state index contributed by atoms with van der Waals surface area (Å²) in [5, 5.41) is 11.8. The van der Waals surface area contributed by atoms with Gasteiger partial charge in [0.15, 0.2) is 0 Å². The van der Waals surface area contributed by atoms with Crippen molar-refractivity contribution in [2.45, 2.75) is 122 Å². The number of carbonyl (C=O) groups is 4. The second kappa shape index (κ2) is 18.9. The summed E-state index contributed by atoms with van der Waals surface area (Å²) in [5.74, 6) is -1.05. The van der Waals surface area contributed by atoms with E-state index in [1.165, 1.54) is 16.3 Å². The number of nitrogens with zero attached hydrogens (tertiary/aromatic N) is 6. The van der Waals surface area contributed by atoms with E-state index in [0.29, 0.717) is 44.0 Å². The summed E-state index contributed by atoms with van der Waals surface area (Å²) in [6.07, 6.45) is 7.09. The van der Waals surface area contributed by atoms with Gasteiger partial charge in [-0.15, -0.1) is 11.3 Å². The number of rotatable bonds is 9. The Morgan fingerprint density at radius 1 is 1.12 bits per heavy atom. The first-order chi connectivity index (χ1) is 31.1. The van der Waals surface area contributed by atoms with Crippen molar-refractivity contribution >= 4 is 46.4 Å². The number of hydrogen-bond acceptors (Lipinski definition) is 11. The molecule has 4 aliphatic heterocycles. The van der Waals surface area contributed by atoms with Crippen LogP contribution in [0.1, 0.15) is 96.0 Å². The lowest BCUT2D eigenvalue weighted by molar-refractivity contribution is -0.147. The number of methoxy groups -OCH3 is 1. The Labute approximate surface area is 387 Å². The maximum atomic E-state index is 14.8. The van der Waals surface area contributed by atoms with Crippen LogP contribution < -0.4 is 16.1 Å². The van der Waals surface area contributed by atoms with Gasteiger partial charge in [-0.2, -0.15) is 0 Å². The van der Waals surface area contributed by atoms with Crippen LogP contribution >= 0.6 is 11.3 Å². The molecule has 0 unspecified atom stereocenters. The summed E-state index contributed by atoms with van der Waals surface area (Å²) in [6.45, 7) is 16.1. The number of likely N-dealkylation sites (N-methyl/N-ethyl adjacent to an activating group) is 1. The average molecular weight is 910 g/mol. The number of aryl methyl sites for hydroxylation is 1. The Kier molecular flexibility index (Phi) is 13.6. The molecule has 15 nitrogen and oxygen atoms in total. The molecule has 0 saturated carbocycles. The molecule has 1 spiro atoms. The SMILES string of the molecule is CCn1c(-c2cccnc2[C@H](C)OC)c2c3cc(ccc31)-c1csc(n1)C[C@H](NC(=O)[C@H](C(C)C)N(C)C(=O)N1CC[C@@]13CCCNC3)C(=O)N1CCC[C@](C=O)(COCC(C)(C)C2)N1. The summed E-state index contributed by atoms with van der Waals surface area (Å²) in [4.78, 5) is 70.0. The number of hydrazine groups is 1. The van der Waals surface area contributed by atoms with Crippen LogP contribution in [-0.2, 0) is 43.2 Å². The highest BCUT2D eigenvalue weighted by atomic mass is 32.1. The Morgan fingerprint density at radius 3 is 2.63 bits per heavy atom. The summed E-state index contributed by atoms with van der Waals surface area (Å²) in [6, 6.07) is 8.50. The molecule has 0 radical (unpaired) electrons. The van der Waals surface area contributed by atoms with Crippen molar-refractivity contribution in [1.82, 2.24) is 45.4 Å². The predicted molar refractivity (Wildman–Crippen MR) is 252 cm³/mol. The maximum absolute atomic E-state index is 14.8. The molecule has 8 rings (SSSR count). The zero-order chi connectivity index (χ0) is 46.3. The number of hydrogen-bond donors (Lipinski definition) is 3. The number of pyridine rings is 1. The Balaban J connectivity index is 1.18. The molecule has 16 heteroatoms. The fourth-order valence-corrected chi connectivity index (χ4v) is 11.5. The van der Waals surface area contributed by atoms with E-state index in [0.717, 1.165) is 89.9 Å². The van der Waals surface area contributed by atoms with E-state index < -0.39 is 23.5 Å². The number of fused-ring (bicyclic) bond motifs is 6. The molecule has 3 N–H and O–H groups in total. The fourth-order valence-electron chi connectivity index (χ4n) is 10.6. The van der Waals surface area contributed by atoms with Gasteiger partial charge in [-0.1, -0.05) is 33.8 Å². The van der Waals surface area contributed by atoms with Gasteiger partial charge >= 0.3 is 6.03 Å². The van der Waals surface area contributed by atoms with E-state index in [1.807, 2.05) is 43.3 Å². The van der Waals surface area contributed by atoms with Gasteiger partial charge in [0.25, 0.3) is 5.91 Å². The molecule has 4 aliphatic rings. The van der Waals surface area contributed by atoms with E-state index in [1.54, 1.807) is 19.1 Å². The van der Waals surface area contributed by atoms with Gasteiger partial charge in [-0.25, -0.2) is 15.2 Å². The normalized spacial score (nSPS) is 24.6. The van der Waals surface area contributed by atoms with Crippen LogP contribution in [0.5, 0.6) is 0 Å². The smallest absolute Gasteiger partial charge is 0.320 e. The minimum absolute atomic E-state index is 0.0538. The van der Waals surface area contributed by atoms with Gasteiger partial charge < -0.3 is 39.3 Å². The minimum Gasteiger partial charge on any atom is -0.378 e. The number of ether oxygens (including phenoxy) is 2. The number of amides is 4. The second-order valence-electron chi connectivity index (χ2n) is 19.8. The van der Waals surface area contributed by atoms with Crippen molar-refractivity contribution in [3.05, 3.63) is 58.2 Å². The van der Waals surface area contributed by atoms with Crippen LogP contribution in [0.25, 0.3) is 33.4 Å². The van der Waals surface area contributed by atoms with E-state index in [9.17, 15) is 19.2 Å². The fraction of sp³-hybridized carbons (Fsp3) is 0.592. The van der Waals surface area contributed by atoms with Gasteiger partial charge in [0.1, 0.15) is 23.9 Å². The van der Waals surface area contributed by atoms with Crippen molar-refractivity contribution in [2.24, 2.45) is 11.3 Å². The molecule has 3 fully saturated rings. The van der Waals surface area contributed by atoms with Gasteiger partial charge in [0, 0.05) is 80.4 Å². The van der Waals surface area contributed by atoms with Crippen LogP contribution in [0.2, 0.25) is 0 Å². The number of urea groups is 1. The maximum Gasteiger partial charge on any atom is 0.320 e. The van der Waals surface area contributed by atoms with E-state index >= 15 is 0 Å². The number of carbonyl (C=O) groups excluding carboxylic acids is 4. The monoisotopic (exact) mass is 909 g/mol. The van der Waals surface area contributed by atoms with Crippen LogP contribution in [0, 0.1) is 11.3 Å². The van der Waals surface area contributed by atoms with Crippen LogP contribution in [-0.4, -0.2) is 130 Å². The van der Waals surface area contributed by atoms with E-state index in [2.05, 4.69) is 65.7 Å². The van der Waals surface area contributed by atoms with Crippen molar-refractivity contribution in [1.29, 1.82) is 0 Å². The number of likely N-dealkylation sites (tertiary alicyclic amines) is 1. The average Bonchev–Trinajstić information content (AvgIpc) is 3.89. The standard InChI is InChI=1S/C49H67N9O6S/c1-9-56-39-15-14-33-23-35(39)36(43(56)34-13-10-20-51-41(34)32(4)63-8)25-47(5,6)29-64-30-48(28-59)16-12-21-58(54-48)45(61)37(24-40-52-38(33)26-65-40)53-44(60)42(31(2)3)55(7)46(62)57-22-18-49(57)17-11-19-50-27-49/h10,13-15,20,23,26,28,31-32,37,42,50,54H,9,11-12,16-19,21-22,24-25,27,29-30H2,1-8H3,(H,53,60)/t32-,37-,42-,48-,49+/m0/s1. The van der Waals surface area contributed by atoms with Gasteiger partial charge in [0.2, 0.25) is 5.91 Å². The molecular weight excluding hydrogens is 843 g/mol. The predicted octanol–water partition coefficient (Wildman–Crippen LogP) is 6.15. The largest absolute Gasteiger partial charge is 0.378 e. The molecule has 65 heavy (non-hydrogen) atoms. The molecule has 1 aromatic carbocycles. The Morgan fingerprint density at radius 2 is 1.94 bits per heavy atom. The molecule has 4 aromatic rings. The second-order valence-corrected chi connectivity index (χ2v) is 20.8. The number of aldehydes is 1. The molecule has 6 bridgehead atoms. The number of benzene rings is 1. The number of aromatic nitrogens is 3. The first kappa shape index (κ1) is 46.8. The lowest BCUT2D eigenvalue weighted by Crippen LogP contribution is -2.71. The summed E-state index contributed by atoms with van der Waals surface area (Å²) >= 11 is 1.44. The number of nitrogens with one attached hydrogen (secondary N) is 3. The lowest BCUT2D eigenvalue weighted by atomic mass is 9.78. The first-order valence-corrected chi connectivity index (χ1v) is 24.3.